The predicted molar refractivity (Wildman–Crippen MR) is 133 cm³/mol. The number of nitrogens with one attached hydrogen (secondary N) is 3. The normalized spacial score (nSPS) is 12.4. The van der Waals surface area contributed by atoms with E-state index in [1.54, 1.807) is 0 Å². The minimum atomic E-state index is -0.139. The topological polar surface area (TPSA) is 71.0 Å². The molecule has 6 heteroatoms. The van der Waals surface area contributed by atoms with Crippen molar-refractivity contribution in [3.63, 3.8) is 0 Å². The van der Waals surface area contributed by atoms with Gasteiger partial charge in [-0.15, -0.1) is 0 Å². The molecular weight excluding hydrogens is 410 g/mol. The van der Waals surface area contributed by atoms with Crippen LogP contribution in [0.2, 0.25) is 0 Å². The zero-order chi connectivity index (χ0) is 22.8. The van der Waals surface area contributed by atoms with Crippen molar-refractivity contribution in [3.8, 4) is 0 Å². The van der Waals surface area contributed by atoms with Crippen LogP contribution in [0.5, 0.6) is 0 Å². The van der Waals surface area contributed by atoms with Crippen molar-refractivity contribution in [1.29, 1.82) is 0 Å². The Morgan fingerprint density at radius 1 is 0.879 bits per heavy atom. The molecule has 0 saturated carbocycles. The average Bonchev–Trinajstić information content (AvgIpc) is 3.11. The summed E-state index contributed by atoms with van der Waals surface area (Å²) >= 11 is 0. The number of rotatable bonds is 6. The van der Waals surface area contributed by atoms with Crippen LogP contribution in [-0.4, -0.2) is 15.7 Å². The molecule has 2 heterocycles. The Bertz CT molecular complexity index is 1280. The van der Waals surface area contributed by atoms with E-state index < -0.39 is 0 Å². The Kier molecular flexibility index (Phi) is 5.57. The monoisotopic (exact) mass is 437 g/mol. The lowest BCUT2D eigenvalue weighted by Crippen LogP contribution is -2.13. The number of amides is 1. The highest BCUT2D eigenvalue weighted by Crippen LogP contribution is 2.37. The summed E-state index contributed by atoms with van der Waals surface area (Å²) in [5, 5.41) is 14.8. The molecule has 1 aliphatic rings. The minimum Gasteiger partial charge on any atom is -0.381 e. The van der Waals surface area contributed by atoms with Crippen LogP contribution in [0.25, 0.3) is 0 Å². The molecule has 6 nitrogen and oxygen atoms in total. The molecule has 1 aliphatic heterocycles. The summed E-state index contributed by atoms with van der Waals surface area (Å²) in [6.45, 7) is 5.42. The van der Waals surface area contributed by atoms with Crippen molar-refractivity contribution in [2.45, 2.75) is 32.9 Å². The average molecular weight is 438 g/mol. The van der Waals surface area contributed by atoms with Gasteiger partial charge in [0.1, 0.15) is 11.4 Å². The summed E-state index contributed by atoms with van der Waals surface area (Å²) in [5.41, 5.74) is 6.26. The van der Waals surface area contributed by atoms with Crippen molar-refractivity contribution >= 4 is 28.8 Å². The number of anilines is 4. The second-order valence-corrected chi connectivity index (χ2v) is 8.59. The summed E-state index contributed by atoms with van der Waals surface area (Å²) in [6.07, 6.45) is 0. The van der Waals surface area contributed by atoms with Crippen molar-refractivity contribution in [3.05, 3.63) is 101 Å². The van der Waals surface area contributed by atoms with Crippen LogP contribution in [0.15, 0.2) is 78.9 Å². The standard InChI is InChI=1S/C27H27N5O/c1-18(2)25-24-26(32(31-25)17-20-11-7-4-8-12-20)29-22-14-13-21(15-23(22)30-27(24)33)28-16-19-9-5-3-6-10-19/h3-15,18,28-29H,16-17H2,1-2H3,(H,30,33). The van der Waals surface area contributed by atoms with Crippen LogP contribution in [0, 0.1) is 0 Å². The first-order chi connectivity index (χ1) is 16.1. The van der Waals surface area contributed by atoms with E-state index in [9.17, 15) is 4.79 Å². The highest BCUT2D eigenvalue weighted by atomic mass is 16.1. The molecule has 0 atom stereocenters. The zero-order valence-electron chi connectivity index (χ0n) is 18.8. The van der Waals surface area contributed by atoms with E-state index in [4.69, 9.17) is 5.10 Å². The van der Waals surface area contributed by atoms with Crippen molar-refractivity contribution in [2.24, 2.45) is 0 Å². The van der Waals surface area contributed by atoms with E-state index in [0.29, 0.717) is 18.7 Å². The quantitative estimate of drug-likeness (QED) is 0.347. The predicted octanol–water partition coefficient (Wildman–Crippen LogP) is 5.98. The number of carbonyl (C=O) groups is 1. The fraction of sp³-hybridized carbons (Fsp3) is 0.185. The number of benzene rings is 3. The zero-order valence-corrected chi connectivity index (χ0v) is 18.8. The Labute approximate surface area is 193 Å². The van der Waals surface area contributed by atoms with Crippen LogP contribution >= 0.6 is 0 Å². The van der Waals surface area contributed by atoms with Gasteiger partial charge in [0, 0.05) is 12.2 Å². The van der Waals surface area contributed by atoms with Gasteiger partial charge < -0.3 is 16.0 Å². The van der Waals surface area contributed by atoms with Gasteiger partial charge >= 0.3 is 0 Å². The van der Waals surface area contributed by atoms with Gasteiger partial charge in [0.15, 0.2) is 0 Å². The first-order valence-corrected chi connectivity index (χ1v) is 11.2. The molecule has 0 spiro atoms. The third kappa shape index (κ3) is 4.32. The van der Waals surface area contributed by atoms with Crippen LogP contribution in [0.1, 0.15) is 46.9 Å². The van der Waals surface area contributed by atoms with Crippen molar-refractivity contribution in [1.82, 2.24) is 9.78 Å². The van der Waals surface area contributed by atoms with E-state index in [-0.39, 0.29) is 11.8 Å². The first-order valence-electron chi connectivity index (χ1n) is 11.2. The van der Waals surface area contributed by atoms with Gasteiger partial charge in [-0.1, -0.05) is 74.5 Å². The minimum absolute atomic E-state index is 0.118. The molecule has 0 aliphatic carbocycles. The maximum Gasteiger partial charge on any atom is 0.261 e. The van der Waals surface area contributed by atoms with Gasteiger partial charge in [0.05, 0.1) is 23.6 Å². The van der Waals surface area contributed by atoms with Gasteiger partial charge in [0.25, 0.3) is 5.91 Å². The largest absolute Gasteiger partial charge is 0.381 e. The molecule has 166 valence electrons. The Morgan fingerprint density at radius 3 is 2.27 bits per heavy atom. The van der Waals surface area contributed by atoms with Gasteiger partial charge in [-0.25, -0.2) is 4.68 Å². The molecule has 33 heavy (non-hydrogen) atoms. The first kappa shape index (κ1) is 20.8. The molecule has 0 radical (unpaired) electrons. The highest BCUT2D eigenvalue weighted by molar-refractivity contribution is 6.12. The Morgan fingerprint density at radius 2 is 1.58 bits per heavy atom. The summed E-state index contributed by atoms with van der Waals surface area (Å²) in [6, 6.07) is 26.4. The molecule has 0 saturated heterocycles. The fourth-order valence-electron chi connectivity index (χ4n) is 4.09. The summed E-state index contributed by atoms with van der Waals surface area (Å²) < 4.78 is 1.90. The van der Waals surface area contributed by atoms with Crippen LogP contribution in [0.4, 0.5) is 22.9 Å². The van der Waals surface area contributed by atoms with Crippen LogP contribution < -0.4 is 16.0 Å². The second kappa shape index (κ2) is 8.82. The molecule has 4 aromatic rings. The third-order valence-electron chi connectivity index (χ3n) is 5.79. The number of aromatic nitrogens is 2. The SMILES string of the molecule is CC(C)c1nn(Cc2ccccc2)c2c1C(=O)Nc1cc(NCc3ccccc3)ccc1N2. The lowest BCUT2D eigenvalue weighted by Gasteiger charge is -2.14. The number of nitrogens with zero attached hydrogens (tertiary/aromatic N) is 2. The second-order valence-electron chi connectivity index (χ2n) is 8.59. The van der Waals surface area contributed by atoms with Crippen LogP contribution in [0.3, 0.4) is 0 Å². The van der Waals surface area contributed by atoms with E-state index >= 15 is 0 Å². The van der Waals surface area contributed by atoms with Crippen LogP contribution in [-0.2, 0) is 13.1 Å². The summed E-state index contributed by atoms with van der Waals surface area (Å²) in [5.74, 6) is 0.705. The maximum absolute atomic E-state index is 13.3. The number of carbonyl (C=O) groups excluding carboxylic acids is 1. The molecule has 1 amide bonds. The third-order valence-corrected chi connectivity index (χ3v) is 5.79. The molecule has 3 N–H and O–H groups in total. The molecule has 5 rings (SSSR count). The van der Waals surface area contributed by atoms with E-state index in [2.05, 4.69) is 54.1 Å². The number of fused-ring (bicyclic) bond motifs is 2. The molecular formula is C27H27N5O. The molecule has 1 aromatic heterocycles. The molecule has 3 aromatic carbocycles. The van der Waals surface area contributed by atoms with Crippen molar-refractivity contribution < 1.29 is 4.79 Å². The van der Waals surface area contributed by atoms with E-state index in [1.165, 1.54) is 5.56 Å². The fourth-order valence-corrected chi connectivity index (χ4v) is 4.09. The number of hydrogen-bond acceptors (Lipinski definition) is 4. The van der Waals surface area contributed by atoms with Gasteiger partial charge in [-0.05, 0) is 35.2 Å². The number of hydrogen-bond donors (Lipinski definition) is 3. The summed E-state index contributed by atoms with van der Waals surface area (Å²) in [4.78, 5) is 13.3. The molecule has 0 fully saturated rings. The Hall–Kier alpha value is -4.06. The van der Waals surface area contributed by atoms with Crippen molar-refractivity contribution in [2.75, 3.05) is 16.0 Å². The Balaban J connectivity index is 1.46. The summed E-state index contributed by atoms with van der Waals surface area (Å²) in [7, 11) is 0. The molecule has 0 bridgehead atoms. The molecule has 0 unspecified atom stereocenters. The lowest BCUT2D eigenvalue weighted by molar-refractivity contribution is 0.102. The lowest BCUT2D eigenvalue weighted by atomic mass is 10.1. The van der Waals surface area contributed by atoms with Gasteiger partial charge in [0.2, 0.25) is 0 Å². The maximum atomic E-state index is 13.3. The van der Waals surface area contributed by atoms with Gasteiger partial charge in [-0.3, -0.25) is 4.79 Å². The smallest absolute Gasteiger partial charge is 0.261 e. The van der Waals surface area contributed by atoms with E-state index in [0.717, 1.165) is 34.1 Å². The highest BCUT2D eigenvalue weighted by Gasteiger charge is 2.29. The van der Waals surface area contributed by atoms with Gasteiger partial charge in [-0.2, -0.15) is 5.10 Å². The van der Waals surface area contributed by atoms with E-state index in [1.807, 2.05) is 59.3 Å².